The molecule has 0 aliphatic heterocycles. The summed E-state index contributed by atoms with van der Waals surface area (Å²) in [5.74, 6) is 0.635. The van der Waals surface area contributed by atoms with Crippen molar-refractivity contribution in [1.82, 2.24) is 0 Å². The lowest BCUT2D eigenvalue weighted by Crippen LogP contribution is -2.22. The summed E-state index contributed by atoms with van der Waals surface area (Å²) < 4.78 is 15.9. The van der Waals surface area contributed by atoms with Gasteiger partial charge < -0.3 is 24.4 Å². The number of ether oxygens (including phenoxy) is 2. The Bertz CT molecular complexity index is 994. The zero-order valence-corrected chi connectivity index (χ0v) is 13.6. The average molecular weight is 340 g/mol. The minimum atomic E-state index is -0.495. The van der Waals surface area contributed by atoms with E-state index in [0.29, 0.717) is 28.2 Å². The molecule has 0 fully saturated rings. The van der Waals surface area contributed by atoms with Crippen LogP contribution < -0.4 is 20.3 Å². The van der Waals surface area contributed by atoms with Crippen molar-refractivity contribution in [2.24, 2.45) is 5.16 Å². The molecule has 0 bridgehead atoms. The van der Waals surface area contributed by atoms with Gasteiger partial charge in [0.2, 0.25) is 0 Å². The van der Waals surface area contributed by atoms with Crippen LogP contribution in [0.25, 0.3) is 11.0 Å². The predicted octanol–water partition coefficient (Wildman–Crippen LogP) is 2.99. The van der Waals surface area contributed by atoms with Gasteiger partial charge in [0, 0.05) is 5.39 Å². The van der Waals surface area contributed by atoms with Gasteiger partial charge >= 0.3 is 0 Å². The topological polar surface area (TPSA) is 93.3 Å². The minimum Gasteiger partial charge on any atom is -0.497 e. The summed E-state index contributed by atoms with van der Waals surface area (Å²) in [5.41, 5.74) is 0.839. The molecule has 2 N–H and O–H groups in total. The van der Waals surface area contributed by atoms with Gasteiger partial charge in [0.25, 0.3) is 11.5 Å². The molecule has 0 radical (unpaired) electrons. The number of methoxy groups -OCH3 is 2. The number of benzene rings is 2. The molecule has 7 heteroatoms. The molecular weight excluding hydrogens is 324 g/mol. The lowest BCUT2D eigenvalue weighted by molar-refractivity contribution is 0.102. The van der Waals surface area contributed by atoms with Crippen LogP contribution in [0.15, 0.2) is 58.1 Å². The Balaban J connectivity index is 2.05. The third kappa shape index (κ3) is 3.25. The maximum atomic E-state index is 12.6. The molecule has 0 unspecified atom stereocenters. The molecule has 25 heavy (non-hydrogen) atoms. The van der Waals surface area contributed by atoms with Gasteiger partial charge in [-0.15, -0.1) is 0 Å². The maximum Gasteiger partial charge on any atom is 0.268 e. The lowest BCUT2D eigenvalue weighted by Gasteiger charge is -2.10. The summed E-state index contributed by atoms with van der Waals surface area (Å²) in [6.45, 7) is 0. The van der Waals surface area contributed by atoms with Crippen LogP contribution in [-0.2, 0) is 0 Å². The van der Waals surface area contributed by atoms with Gasteiger partial charge in [-0.2, -0.15) is 0 Å². The quantitative estimate of drug-likeness (QED) is 0.562. The molecular formula is C18H16N2O5. The van der Waals surface area contributed by atoms with Crippen molar-refractivity contribution in [3.63, 3.8) is 0 Å². The summed E-state index contributed by atoms with van der Waals surface area (Å²) in [5, 5.41) is 15.6. The Labute approximate surface area is 143 Å². The van der Waals surface area contributed by atoms with E-state index in [1.807, 2.05) is 0 Å². The molecule has 1 amide bonds. The number of rotatable bonds is 4. The zero-order chi connectivity index (χ0) is 17.8. The first-order valence-electron chi connectivity index (χ1n) is 7.40. The molecule has 3 aromatic rings. The zero-order valence-electron chi connectivity index (χ0n) is 13.6. The van der Waals surface area contributed by atoms with Crippen molar-refractivity contribution < 1.29 is 23.9 Å². The molecule has 7 nitrogen and oxygen atoms in total. The highest BCUT2D eigenvalue weighted by Crippen LogP contribution is 2.24. The molecule has 0 aliphatic carbocycles. The van der Waals surface area contributed by atoms with Crippen molar-refractivity contribution in [1.29, 1.82) is 0 Å². The van der Waals surface area contributed by atoms with Crippen molar-refractivity contribution in [3.8, 4) is 11.5 Å². The van der Waals surface area contributed by atoms with Gasteiger partial charge in [0.1, 0.15) is 22.6 Å². The number of fused-ring (bicyclic) bond motifs is 1. The standard InChI is InChI=1S/C18H16N2O5/c1-23-12-7-8-15-11(9-12)10-13(18(20-22)25-15)17(21)19-14-5-3-4-6-16(14)24-2/h3-10,22H,1-2H3,(H,19,21)/b20-18+. The van der Waals surface area contributed by atoms with Crippen molar-refractivity contribution in [2.45, 2.75) is 0 Å². The third-order valence-electron chi connectivity index (χ3n) is 3.64. The van der Waals surface area contributed by atoms with Gasteiger partial charge in [-0.1, -0.05) is 12.1 Å². The molecule has 128 valence electrons. The molecule has 1 heterocycles. The number of nitrogens with one attached hydrogen (secondary N) is 1. The highest BCUT2D eigenvalue weighted by Gasteiger charge is 2.15. The lowest BCUT2D eigenvalue weighted by atomic mass is 10.1. The molecule has 2 aromatic carbocycles. The van der Waals surface area contributed by atoms with Crippen LogP contribution >= 0.6 is 0 Å². The monoisotopic (exact) mass is 340 g/mol. The van der Waals surface area contributed by atoms with E-state index in [-0.39, 0.29) is 11.1 Å². The van der Waals surface area contributed by atoms with E-state index >= 15 is 0 Å². The van der Waals surface area contributed by atoms with E-state index in [9.17, 15) is 10.0 Å². The minimum absolute atomic E-state index is 0.0779. The van der Waals surface area contributed by atoms with Gasteiger partial charge in [0.05, 0.1) is 19.9 Å². The number of para-hydroxylation sites is 2. The number of nitrogens with zero attached hydrogens (tertiary/aromatic N) is 1. The van der Waals surface area contributed by atoms with Crippen LogP contribution in [0.3, 0.4) is 0 Å². The highest BCUT2D eigenvalue weighted by molar-refractivity contribution is 6.06. The van der Waals surface area contributed by atoms with E-state index in [1.165, 1.54) is 7.11 Å². The van der Waals surface area contributed by atoms with E-state index in [2.05, 4.69) is 10.5 Å². The number of carbonyl (C=O) groups excluding carboxylic acids is 1. The summed E-state index contributed by atoms with van der Waals surface area (Å²) in [4.78, 5) is 12.6. The predicted molar refractivity (Wildman–Crippen MR) is 91.1 cm³/mol. The number of amides is 1. The first kappa shape index (κ1) is 16.4. The van der Waals surface area contributed by atoms with Crippen LogP contribution in [-0.4, -0.2) is 25.3 Å². The van der Waals surface area contributed by atoms with Crippen LogP contribution in [0.5, 0.6) is 11.5 Å². The molecule has 0 aliphatic rings. The fraction of sp³-hybridized carbons (Fsp3) is 0.111. The van der Waals surface area contributed by atoms with Gasteiger partial charge in [-0.05, 0) is 41.6 Å². The van der Waals surface area contributed by atoms with E-state index in [4.69, 9.17) is 13.9 Å². The molecule has 0 saturated heterocycles. The van der Waals surface area contributed by atoms with Crippen molar-refractivity contribution in [2.75, 3.05) is 19.5 Å². The largest absolute Gasteiger partial charge is 0.497 e. The van der Waals surface area contributed by atoms with Crippen molar-refractivity contribution in [3.05, 3.63) is 59.6 Å². The Morgan fingerprint density at radius 2 is 1.92 bits per heavy atom. The Kier molecular flexibility index (Phi) is 4.56. The molecule has 1 aromatic heterocycles. The second kappa shape index (κ2) is 6.96. The number of carbonyl (C=O) groups is 1. The summed E-state index contributed by atoms with van der Waals surface area (Å²) in [6.07, 6.45) is 0. The van der Waals surface area contributed by atoms with Crippen LogP contribution in [0, 0.1) is 0 Å². The van der Waals surface area contributed by atoms with Crippen molar-refractivity contribution >= 4 is 22.6 Å². The van der Waals surface area contributed by atoms with Crippen LogP contribution in [0.2, 0.25) is 0 Å². The second-order valence-electron chi connectivity index (χ2n) is 5.12. The van der Waals surface area contributed by atoms with Crippen LogP contribution in [0.4, 0.5) is 5.69 Å². The second-order valence-corrected chi connectivity index (χ2v) is 5.12. The fourth-order valence-corrected chi connectivity index (χ4v) is 2.41. The normalized spacial score (nSPS) is 11.4. The summed E-state index contributed by atoms with van der Waals surface area (Å²) in [7, 11) is 3.06. The molecule has 0 atom stereocenters. The highest BCUT2D eigenvalue weighted by atomic mass is 16.5. The Morgan fingerprint density at radius 1 is 1.12 bits per heavy atom. The van der Waals surface area contributed by atoms with Gasteiger partial charge in [-0.3, -0.25) is 4.79 Å². The number of hydrogen-bond donors (Lipinski definition) is 2. The number of hydrogen-bond acceptors (Lipinski definition) is 6. The first-order valence-corrected chi connectivity index (χ1v) is 7.40. The average Bonchev–Trinajstić information content (AvgIpc) is 2.66. The summed E-state index contributed by atoms with van der Waals surface area (Å²) >= 11 is 0. The molecule has 3 rings (SSSR count). The van der Waals surface area contributed by atoms with E-state index < -0.39 is 5.91 Å². The Morgan fingerprint density at radius 3 is 2.64 bits per heavy atom. The smallest absolute Gasteiger partial charge is 0.268 e. The Hall–Kier alpha value is -3.48. The van der Waals surface area contributed by atoms with E-state index in [0.717, 1.165) is 0 Å². The van der Waals surface area contributed by atoms with Crippen LogP contribution in [0.1, 0.15) is 10.4 Å². The fourth-order valence-electron chi connectivity index (χ4n) is 2.41. The molecule has 0 spiro atoms. The van der Waals surface area contributed by atoms with Gasteiger partial charge in [-0.25, -0.2) is 0 Å². The van der Waals surface area contributed by atoms with E-state index in [1.54, 1.807) is 55.6 Å². The third-order valence-corrected chi connectivity index (χ3v) is 3.64. The first-order chi connectivity index (χ1) is 12.2. The SMILES string of the molecule is COc1ccc2o/c(=N/O)c(C(=O)Nc3ccccc3OC)cc2c1. The molecule has 0 saturated carbocycles. The van der Waals surface area contributed by atoms with Gasteiger partial charge in [0.15, 0.2) is 0 Å². The summed E-state index contributed by atoms with van der Waals surface area (Å²) in [6, 6.07) is 13.7. The maximum absolute atomic E-state index is 12.6. The number of anilines is 1.